The smallest absolute Gasteiger partial charge is 0.283 e. The van der Waals surface area contributed by atoms with Crippen LogP contribution < -0.4 is 5.32 Å². The molecule has 1 aliphatic rings. The zero-order valence-corrected chi connectivity index (χ0v) is 22.6. The van der Waals surface area contributed by atoms with E-state index in [2.05, 4.69) is 35.8 Å². The third-order valence-corrected chi connectivity index (χ3v) is 8.50. The van der Waals surface area contributed by atoms with Crippen molar-refractivity contribution in [1.82, 2.24) is 24.1 Å². The van der Waals surface area contributed by atoms with Crippen LogP contribution in [0.25, 0.3) is 11.0 Å². The molecule has 0 unspecified atom stereocenters. The lowest BCUT2D eigenvalue weighted by molar-refractivity contribution is -0.120. The first-order chi connectivity index (χ1) is 17.0. The van der Waals surface area contributed by atoms with Gasteiger partial charge >= 0.3 is 0 Å². The topological polar surface area (TPSA) is 108 Å². The van der Waals surface area contributed by atoms with Gasteiger partial charge in [-0.1, -0.05) is 20.8 Å². The molecule has 1 aromatic carbocycles. The van der Waals surface area contributed by atoms with Crippen LogP contribution in [0.5, 0.6) is 0 Å². The summed E-state index contributed by atoms with van der Waals surface area (Å²) in [5.41, 5.74) is 1.97. The molecule has 0 atom stereocenters. The molecular weight excluding hydrogens is 478 g/mol. The molecule has 0 aliphatic carbocycles. The van der Waals surface area contributed by atoms with E-state index in [9.17, 15) is 13.2 Å². The second kappa shape index (κ2) is 10.3. The van der Waals surface area contributed by atoms with Crippen molar-refractivity contribution in [2.24, 2.45) is 5.92 Å². The van der Waals surface area contributed by atoms with E-state index in [-0.39, 0.29) is 28.7 Å². The Labute approximate surface area is 213 Å². The van der Waals surface area contributed by atoms with Crippen LogP contribution in [0.2, 0.25) is 0 Å². The molecule has 1 aliphatic heterocycles. The molecule has 2 aromatic heterocycles. The van der Waals surface area contributed by atoms with Crippen LogP contribution in [0.3, 0.4) is 0 Å². The molecule has 3 aromatic rings. The Hall–Kier alpha value is -2.72. The van der Waals surface area contributed by atoms with Crippen molar-refractivity contribution in [3.8, 4) is 0 Å². The Kier molecular flexibility index (Phi) is 7.56. The SMILES string of the molecule is CCC(C)(C)c1nc2cc(S(=O)(=O)n3cc(CC(=O)NC(C)C)cn3)ccc2n1CC1CCOCC1. The van der Waals surface area contributed by atoms with Gasteiger partial charge < -0.3 is 14.6 Å². The van der Waals surface area contributed by atoms with Crippen LogP contribution in [0, 0.1) is 5.92 Å². The summed E-state index contributed by atoms with van der Waals surface area (Å²) in [6.45, 7) is 12.6. The van der Waals surface area contributed by atoms with Crippen LogP contribution >= 0.6 is 0 Å². The predicted octanol–water partition coefficient (Wildman–Crippen LogP) is 3.65. The second-order valence-corrected chi connectivity index (χ2v) is 12.4. The van der Waals surface area contributed by atoms with Crippen molar-refractivity contribution >= 4 is 27.0 Å². The number of rotatable bonds is 9. The van der Waals surface area contributed by atoms with E-state index >= 15 is 0 Å². The molecule has 1 N–H and O–H groups in total. The number of fused-ring (bicyclic) bond motifs is 1. The minimum atomic E-state index is -3.93. The fraction of sp³-hybridized carbons (Fsp3) is 0.577. The van der Waals surface area contributed by atoms with E-state index in [1.54, 1.807) is 12.1 Å². The summed E-state index contributed by atoms with van der Waals surface area (Å²) < 4.78 is 35.5. The van der Waals surface area contributed by atoms with Crippen LogP contribution in [-0.2, 0) is 37.9 Å². The number of nitrogens with one attached hydrogen (secondary N) is 1. The monoisotopic (exact) mass is 515 g/mol. The number of ether oxygens (including phenoxy) is 1. The molecule has 0 bridgehead atoms. The maximum Gasteiger partial charge on any atom is 0.283 e. The maximum atomic E-state index is 13.4. The molecule has 10 heteroatoms. The number of nitrogens with zero attached hydrogens (tertiary/aromatic N) is 4. The largest absolute Gasteiger partial charge is 0.381 e. The molecule has 1 amide bonds. The third kappa shape index (κ3) is 5.49. The molecule has 0 spiro atoms. The lowest BCUT2D eigenvalue weighted by Crippen LogP contribution is -2.31. The van der Waals surface area contributed by atoms with Crippen molar-refractivity contribution in [3.63, 3.8) is 0 Å². The number of carbonyl (C=O) groups excluding carboxylic acids is 1. The zero-order valence-electron chi connectivity index (χ0n) is 21.8. The highest BCUT2D eigenvalue weighted by atomic mass is 32.2. The molecule has 1 saturated heterocycles. The van der Waals surface area contributed by atoms with E-state index in [4.69, 9.17) is 9.72 Å². The predicted molar refractivity (Wildman–Crippen MR) is 138 cm³/mol. The van der Waals surface area contributed by atoms with E-state index in [1.165, 1.54) is 12.4 Å². The van der Waals surface area contributed by atoms with E-state index in [1.807, 2.05) is 19.9 Å². The van der Waals surface area contributed by atoms with Crippen molar-refractivity contribution in [2.75, 3.05) is 13.2 Å². The number of imidazole rings is 1. The van der Waals surface area contributed by atoms with Gasteiger partial charge in [0.1, 0.15) is 5.82 Å². The number of hydrogen-bond donors (Lipinski definition) is 1. The van der Waals surface area contributed by atoms with Crippen molar-refractivity contribution < 1.29 is 17.9 Å². The molecule has 4 rings (SSSR count). The van der Waals surface area contributed by atoms with Gasteiger partial charge in [0.2, 0.25) is 5.91 Å². The van der Waals surface area contributed by atoms with Crippen molar-refractivity contribution in [3.05, 3.63) is 42.0 Å². The molecule has 3 heterocycles. The normalized spacial score (nSPS) is 15.6. The number of benzene rings is 1. The van der Waals surface area contributed by atoms with Crippen molar-refractivity contribution in [2.45, 2.75) is 83.2 Å². The molecular formula is C26H37N5O4S. The van der Waals surface area contributed by atoms with Gasteiger partial charge in [0.25, 0.3) is 10.0 Å². The van der Waals surface area contributed by atoms with Gasteiger partial charge in [0, 0.05) is 43.0 Å². The van der Waals surface area contributed by atoms with Gasteiger partial charge in [-0.05, 0) is 57.2 Å². The van der Waals surface area contributed by atoms with Crippen LogP contribution in [0.4, 0.5) is 0 Å². The first kappa shape index (κ1) is 26.3. The third-order valence-electron chi connectivity index (χ3n) is 6.96. The number of amides is 1. The summed E-state index contributed by atoms with van der Waals surface area (Å²) in [5, 5.41) is 6.84. The Morgan fingerprint density at radius 3 is 2.64 bits per heavy atom. The fourth-order valence-corrected chi connectivity index (χ4v) is 5.71. The fourth-order valence-electron chi connectivity index (χ4n) is 4.55. The highest BCUT2D eigenvalue weighted by molar-refractivity contribution is 7.89. The van der Waals surface area contributed by atoms with Crippen molar-refractivity contribution in [1.29, 1.82) is 0 Å². The first-order valence-corrected chi connectivity index (χ1v) is 14.1. The molecule has 0 radical (unpaired) electrons. The van der Waals surface area contributed by atoms with Gasteiger partial charge in [-0.3, -0.25) is 4.79 Å². The Morgan fingerprint density at radius 1 is 1.25 bits per heavy atom. The maximum absolute atomic E-state index is 13.4. The van der Waals surface area contributed by atoms with Gasteiger partial charge in [-0.2, -0.15) is 17.6 Å². The molecule has 36 heavy (non-hydrogen) atoms. The van der Waals surface area contributed by atoms with Crippen LogP contribution in [0.15, 0.2) is 35.5 Å². The van der Waals surface area contributed by atoms with Gasteiger partial charge in [0.05, 0.1) is 28.5 Å². The number of hydrogen-bond acceptors (Lipinski definition) is 6. The lowest BCUT2D eigenvalue weighted by Gasteiger charge is -2.28. The van der Waals surface area contributed by atoms with Gasteiger partial charge in [-0.15, -0.1) is 0 Å². The lowest BCUT2D eigenvalue weighted by atomic mass is 9.89. The summed E-state index contributed by atoms with van der Waals surface area (Å²) in [6.07, 6.45) is 5.81. The molecule has 0 saturated carbocycles. The van der Waals surface area contributed by atoms with Crippen LogP contribution in [0.1, 0.15) is 65.3 Å². The summed E-state index contributed by atoms with van der Waals surface area (Å²) in [6, 6.07) is 5.11. The quantitative estimate of drug-likeness (QED) is 0.466. The molecule has 196 valence electrons. The summed E-state index contributed by atoms with van der Waals surface area (Å²) in [4.78, 5) is 17.1. The summed E-state index contributed by atoms with van der Waals surface area (Å²) >= 11 is 0. The van der Waals surface area contributed by atoms with E-state index < -0.39 is 10.0 Å². The van der Waals surface area contributed by atoms with Gasteiger partial charge in [0.15, 0.2) is 0 Å². The average Bonchev–Trinajstić information content (AvgIpc) is 3.44. The minimum Gasteiger partial charge on any atom is -0.381 e. The Morgan fingerprint density at radius 2 is 1.97 bits per heavy atom. The highest BCUT2D eigenvalue weighted by Crippen LogP contribution is 2.32. The van der Waals surface area contributed by atoms with Gasteiger partial charge in [-0.25, -0.2) is 4.98 Å². The minimum absolute atomic E-state index is 0.0110. The second-order valence-electron chi connectivity index (χ2n) is 10.6. The average molecular weight is 516 g/mol. The Balaban J connectivity index is 1.67. The van der Waals surface area contributed by atoms with E-state index in [0.717, 1.165) is 54.4 Å². The summed E-state index contributed by atoms with van der Waals surface area (Å²) in [5.74, 6) is 1.30. The van der Waals surface area contributed by atoms with Crippen LogP contribution in [-0.4, -0.2) is 52.3 Å². The zero-order chi connectivity index (χ0) is 26.1. The Bertz CT molecular complexity index is 1330. The standard InChI is InChI=1S/C26H37N5O4S/c1-6-26(4,5)25-29-22-14-21(7-8-23(22)30(25)16-19-9-11-35-12-10-19)36(33,34)31-17-20(15-27-31)13-24(32)28-18(2)3/h7-8,14-15,17-19H,6,9-13,16H2,1-5H3,(H,28,32). The highest BCUT2D eigenvalue weighted by Gasteiger charge is 2.29. The molecule has 9 nitrogen and oxygen atoms in total. The first-order valence-electron chi connectivity index (χ1n) is 12.7. The van der Waals surface area contributed by atoms with E-state index in [0.29, 0.717) is 17.0 Å². The molecule has 1 fully saturated rings. The number of carbonyl (C=O) groups is 1. The summed E-state index contributed by atoms with van der Waals surface area (Å²) in [7, 11) is -3.93. The number of aromatic nitrogens is 4.